The quantitative estimate of drug-likeness (QED) is 0.620. The van der Waals surface area contributed by atoms with Crippen LogP contribution in [-0.2, 0) is 6.54 Å². The molecule has 0 spiro atoms. The number of benzene rings is 1. The van der Waals surface area contributed by atoms with Crippen LogP contribution >= 0.6 is 0 Å². The number of non-ortho nitro benzene ring substituents is 1. The van der Waals surface area contributed by atoms with Crippen molar-refractivity contribution in [2.24, 2.45) is 0 Å². The molecular formula is C14H18N4O4. The van der Waals surface area contributed by atoms with E-state index in [1.807, 2.05) is 0 Å². The van der Waals surface area contributed by atoms with E-state index in [1.54, 1.807) is 10.7 Å². The van der Waals surface area contributed by atoms with E-state index in [0.717, 1.165) is 19.6 Å². The molecule has 22 heavy (non-hydrogen) atoms. The molecule has 0 saturated carbocycles. The lowest BCUT2D eigenvalue weighted by molar-refractivity contribution is -0.384. The van der Waals surface area contributed by atoms with Crippen molar-refractivity contribution in [3.05, 3.63) is 34.0 Å². The van der Waals surface area contributed by atoms with E-state index >= 15 is 0 Å². The fourth-order valence-electron chi connectivity index (χ4n) is 2.39. The molecule has 8 nitrogen and oxygen atoms in total. The largest absolute Gasteiger partial charge is 0.476 e. The number of rotatable bonds is 7. The first-order valence-electron chi connectivity index (χ1n) is 7.08. The second kappa shape index (κ2) is 6.52. The zero-order valence-corrected chi connectivity index (χ0v) is 12.5. The molecule has 1 aromatic carbocycles. The monoisotopic (exact) mass is 306 g/mol. The summed E-state index contributed by atoms with van der Waals surface area (Å²) in [6.07, 6.45) is 0. The summed E-state index contributed by atoms with van der Waals surface area (Å²) in [5.41, 5.74) is 0.298. The van der Waals surface area contributed by atoms with Crippen LogP contribution in [0.4, 0.5) is 5.69 Å². The molecule has 0 atom stereocenters. The van der Waals surface area contributed by atoms with Crippen molar-refractivity contribution >= 4 is 22.6 Å². The maximum absolute atomic E-state index is 11.3. The zero-order chi connectivity index (χ0) is 16.3. The Kier molecular flexibility index (Phi) is 4.71. The van der Waals surface area contributed by atoms with E-state index in [2.05, 4.69) is 23.8 Å². The minimum Gasteiger partial charge on any atom is -0.476 e. The molecule has 1 aromatic heterocycles. The molecule has 0 aliphatic rings. The molecule has 0 fully saturated rings. The van der Waals surface area contributed by atoms with Crippen LogP contribution < -0.4 is 0 Å². The third-order valence-electron chi connectivity index (χ3n) is 3.67. The van der Waals surface area contributed by atoms with E-state index in [0.29, 0.717) is 17.4 Å². The fourth-order valence-corrected chi connectivity index (χ4v) is 2.39. The van der Waals surface area contributed by atoms with Gasteiger partial charge in [0.05, 0.1) is 17.0 Å². The maximum Gasteiger partial charge on any atom is 0.357 e. The summed E-state index contributed by atoms with van der Waals surface area (Å²) >= 11 is 0. The van der Waals surface area contributed by atoms with Gasteiger partial charge in [-0.2, -0.15) is 5.10 Å². The summed E-state index contributed by atoms with van der Waals surface area (Å²) in [5.74, 6) is -1.19. The van der Waals surface area contributed by atoms with Crippen LogP contribution in [0.3, 0.4) is 0 Å². The van der Waals surface area contributed by atoms with Crippen LogP contribution in [0.1, 0.15) is 24.3 Å². The zero-order valence-electron chi connectivity index (χ0n) is 12.5. The molecule has 118 valence electrons. The first kappa shape index (κ1) is 15.9. The minimum absolute atomic E-state index is 0.140. The molecule has 1 heterocycles. The lowest BCUT2D eigenvalue weighted by atomic mass is 10.2. The van der Waals surface area contributed by atoms with Gasteiger partial charge in [0, 0.05) is 24.1 Å². The van der Waals surface area contributed by atoms with Crippen molar-refractivity contribution in [3.8, 4) is 0 Å². The Hall–Kier alpha value is -2.48. The number of carbonyl (C=O) groups is 1. The summed E-state index contributed by atoms with van der Waals surface area (Å²) in [5, 5.41) is 24.5. The highest BCUT2D eigenvalue weighted by atomic mass is 16.6. The normalized spacial score (nSPS) is 11.2. The molecule has 8 heteroatoms. The number of hydrogen-bond acceptors (Lipinski definition) is 5. The minimum atomic E-state index is -1.19. The van der Waals surface area contributed by atoms with Crippen molar-refractivity contribution < 1.29 is 14.8 Å². The third kappa shape index (κ3) is 3.06. The van der Waals surface area contributed by atoms with Gasteiger partial charge in [-0.1, -0.05) is 13.8 Å². The number of likely N-dealkylation sites (N-methyl/N-ethyl adjacent to an activating group) is 1. The standard InChI is InChI=1S/C14H18N4O4/c1-3-16(4-2)7-8-17-12-6-5-10(18(21)22)9-11(12)13(15-17)14(19)20/h5-6,9H,3-4,7-8H2,1-2H3,(H,19,20). The number of fused-ring (bicyclic) bond motifs is 1. The molecule has 0 bridgehead atoms. The molecule has 2 aromatic rings. The Labute approximate surface area is 127 Å². The summed E-state index contributed by atoms with van der Waals surface area (Å²) in [7, 11) is 0. The third-order valence-corrected chi connectivity index (χ3v) is 3.67. The summed E-state index contributed by atoms with van der Waals surface area (Å²) < 4.78 is 1.60. The first-order chi connectivity index (χ1) is 10.5. The average molecular weight is 306 g/mol. The highest BCUT2D eigenvalue weighted by Crippen LogP contribution is 2.24. The van der Waals surface area contributed by atoms with Crippen molar-refractivity contribution in [3.63, 3.8) is 0 Å². The Balaban J connectivity index is 2.43. The number of nitro groups is 1. The summed E-state index contributed by atoms with van der Waals surface area (Å²) in [4.78, 5) is 23.8. The number of hydrogen-bond donors (Lipinski definition) is 1. The topological polar surface area (TPSA) is 102 Å². The smallest absolute Gasteiger partial charge is 0.357 e. The SMILES string of the molecule is CCN(CC)CCn1nc(C(=O)O)c2cc([N+](=O)[O-])ccc21. The van der Waals surface area contributed by atoms with Crippen LogP contribution in [-0.4, -0.2) is 50.3 Å². The average Bonchev–Trinajstić information content (AvgIpc) is 2.86. The van der Waals surface area contributed by atoms with Crippen molar-refractivity contribution in [1.82, 2.24) is 14.7 Å². The van der Waals surface area contributed by atoms with E-state index in [9.17, 15) is 20.0 Å². The highest BCUT2D eigenvalue weighted by Gasteiger charge is 2.19. The van der Waals surface area contributed by atoms with E-state index < -0.39 is 10.9 Å². The highest BCUT2D eigenvalue weighted by molar-refractivity contribution is 6.01. The van der Waals surface area contributed by atoms with Gasteiger partial charge >= 0.3 is 5.97 Å². The predicted molar refractivity (Wildman–Crippen MR) is 81.1 cm³/mol. The predicted octanol–water partition coefficient (Wildman–Crippen LogP) is 1.98. The van der Waals surface area contributed by atoms with Crippen LogP contribution in [0.2, 0.25) is 0 Å². The molecule has 0 aliphatic carbocycles. The molecule has 0 unspecified atom stereocenters. The van der Waals surface area contributed by atoms with Crippen molar-refractivity contribution in [2.45, 2.75) is 20.4 Å². The molecular weight excluding hydrogens is 288 g/mol. The van der Waals surface area contributed by atoms with Gasteiger partial charge in [0.15, 0.2) is 5.69 Å². The molecule has 0 radical (unpaired) electrons. The van der Waals surface area contributed by atoms with E-state index in [1.165, 1.54) is 12.1 Å². The number of nitrogens with zero attached hydrogens (tertiary/aromatic N) is 4. The van der Waals surface area contributed by atoms with Crippen molar-refractivity contribution in [2.75, 3.05) is 19.6 Å². The van der Waals surface area contributed by atoms with E-state index in [4.69, 9.17) is 0 Å². The van der Waals surface area contributed by atoms with Gasteiger partial charge in [0.1, 0.15) is 0 Å². The number of aromatic carboxylic acids is 1. The Morgan fingerprint density at radius 3 is 2.64 bits per heavy atom. The van der Waals surface area contributed by atoms with Crippen LogP contribution in [0.15, 0.2) is 18.2 Å². The molecule has 0 saturated heterocycles. The van der Waals surface area contributed by atoms with Crippen molar-refractivity contribution in [1.29, 1.82) is 0 Å². The van der Waals surface area contributed by atoms with Gasteiger partial charge in [-0.3, -0.25) is 14.8 Å². The molecule has 1 N–H and O–H groups in total. The molecule has 2 rings (SSSR count). The number of carboxylic acids is 1. The van der Waals surface area contributed by atoms with Gasteiger partial charge in [-0.25, -0.2) is 4.79 Å². The van der Waals surface area contributed by atoms with E-state index in [-0.39, 0.29) is 11.4 Å². The van der Waals surface area contributed by atoms with Gasteiger partial charge < -0.3 is 10.0 Å². The van der Waals surface area contributed by atoms with Gasteiger partial charge in [-0.15, -0.1) is 0 Å². The first-order valence-corrected chi connectivity index (χ1v) is 7.08. The second-order valence-corrected chi connectivity index (χ2v) is 4.86. The number of carboxylic acid groups (broad SMARTS) is 1. The number of aromatic nitrogens is 2. The summed E-state index contributed by atoms with van der Waals surface area (Å²) in [6, 6.07) is 4.18. The maximum atomic E-state index is 11.3. The molecule has 0 aliphatic heterocycles. The Morgan fingerprint density at radius 1 is 1.41 bits per heavy atom. The fraction of sp³-hybridized carbons (Fsp3) is 0.429. The Bertz CT molecular complexity index is 706. The van der Waals surface area contributed by atoms with Gasteiger partial charge in [-0.05, 0) is 19.2 Å². The van der Waals surface area contributed by atoms with Crippen LogP contribution in [0, 0.1) is 10.1 Å². The lowest BCUT2D eigenvalue weighted by Gasteiger charge is -2.17. The van der Waals surface area contributed by atoms with Gasteiger partial charge in [0.25, 0.3) is 5.69 Å². The number of nitro benzene ring substituents is 1. The lowest BCUT2D eigenvalue weighted by Crippen LogP contribution is -2.27. The second-order valence-electron chi connectivity index (χ2n) is 4.86. The van der Waals surface area contributed by atoms with Gasteiger partial charge in [0.2, 0.25) is 0 Å². The molecule has 0 amide bonds. The van der Waals surface area contributed by atoms with Crippen LogP contribution in [0.5, 0.6) is 0 Å². The van der Waals surface area contributed by atoms with Crippen LogP contribution in [0.25, 0.3) is 10.9 Å². The summed E-state index contributed by atoms with van der Waals surface area (Å²) in [6.45, 7) is 7.16. The Morgan fingerprint density at radius 2 is 2.09 bits per heavy atom.